The Hall–Kier alpha value is -1.56. The fraction of sp³-hybridized carbons (Fsp3) is 0.500. The summed E-state index contributed by atoms with van der Waals surface area (Å²) in [6, 6.07) is 1.09. The lowest BCUT2D eigenvalue weighted by Gasteiger charge is -2.25. The summed E-state index contributed by atoms with van der Waals surface area (Å²) in [5, 5.41) is 12.3. The van der Waals surface area contributed by atoms with Crippen molar-refractivity contribution in [2.45, 2.75) is 32.3 Å². The van der Waals surface area contributed by atoms with Crippen LogP contribution < -0.4 is 5.32 Å². The van der Waals surface area contributed by atoms with Gasteiger partial charge in [-0.3, -0.25) is 4.79 Å². The van der Waals surface area contributed by atoms with Crippen LogP contribution in [0.1, 0.15) is 37.0 Å². The van der Waals surface area contributed by atoms with Crippen LogP contribution in [0.5, 0.6) is 0 Å². The fourth-order valence-corrected chi connectivity index (χ4v) is 1.43. The van der Waals surface area contributed by atoms with E-state index in [2.05, 4.69) is 10.3 Å². The molecular weight excluding hydrogens is 242 g/mol. The number of aliphatic hydroxyl groups is 1. The molecule has 1 amide bonds. The highest BCUT2D eigenvalue weighted by atomic mass is 19.2. The van der Waals surface area contributed by atoms with Gasteiger partial charge < -0.3 is 10.4 Å². The van der Waals surface area contributed by atoms with Crippen molar-refractivity contribution in [3.8, 4) is 0 Å². The van der Waals surface area contributed by atoms with Gasteiger partial charge >= 0.3 is 0 Å². The third-order valence-corrected chi connectivity index (χ3v) is 2.99. The minimum Gasteiger partial charge on any atom is -0.388 e. The van der Waals surface area contributed by atoms with E-state index in [0.29, 0.717) is 12.8 Å². The van der Waals surface area contributed by atoms with Crippen molar-refractivity contribution < 1.29 is 18.7 Å². The second-order valence-corrected chi connectivity index (χ2v) is 4.08. The summed E-state index contributed by atoms with van der Waals surface area (Å²) in [4.78, 5) is 14.7. The summed E-state index contributed by atoms with van der Waals surface area (Å²) in [5.74, 6) is -3.37. The quantitative estimate of drug-likeness (QED) is 0.789. The molecular formula is C12H16F2N2O2. The predicted octanol–water partition coefficient (Wildman–Crippen LogP) is 1.64. The highest BCUT2D eigenvalue weighted by molar-refractivity contribution is 5.94. The summed E-state index contributed by atoms with van der Waals surface area (Å²) in [5.41, 5.74) is -1.45. The van der Waals surface area contributed by atoms with Gasteiger partial charge in [0.2, 0.25) is 5.95 Å². The normalized spacial score (nSPS) is 11.4. The van der Waals surface area contributed by atoms with E-state index in [1.807, 2.05) is 0 Å². The van der Waals surface area contributed by atoms with Gasteiger partial charge in [0.25, 0.3) is 5.91 Å². The van der Waals surface area contributed by atoms with Gasteiger partial charge in [0.15, 0.2) is 5.82 Å². The number of pyridine rings is 1. The van der Waals surface area contributed by atoms with Crippen molar-refractivity contribution in [1.29, 1.82) is 0 Å². The average Bonchev–Trinajstić information content (AvgIpc) is 2.39. The van der Waals surface area contributed by atoms with E-state index in [1.165, 1.54) is 0 Å². The number of aromatic nitrogens is 1. The first-order valence-corrected chi connectivity index (χ1v) is 5.74. The van der Waals surface area contributed by atoms with Crippen LogP contribution in [-0.4, -0.2) is 28.1 Å². The molecule has 4 nitrogen and oxygen atoms in total. The molecule has 1 heterocycles. The molecule has 100 valence electrons. The molecule has 18 heavy (non-hydrogen) atoms. The van der Waals surface area contributed by atoms with Crippen LogP contribution in [0.25, 0.3) is 0 Å². The second kappa shape index (κ2) is 5.86. The van der Waals surface area contributed by atoms with Gasteiger partial charge in [0.1, 0.15) is 0 Å². The van der Waals surface area contributed by atoms with Crippen molar-refractivity contribution in [2.24, 2.45) is 0 Å². The van der Waals surface area contributed by atoms with Gasteiger partial charge in [-0.1, -0.05) is 13.8 Å². The van der Waals surface area contributed by atoms with Crippen molar-refractivity contribution >= 4 is 5.91 Å². The van der Waals surface area contributed by atoms with E-state index in [1.54, 1.807) is 13.8 Å². The Morgan fingerprint density at radius 1 is 1.44 bits per heavy atom. The number of amides is 1. The molecule has 0 aliphatic heterocycles. The zero-order valence-corrected chi connectivity index (χ0v) is 10.3. The van der Waals surface area contributed by atoms with Crippen molar-refractivity contribution in [3.05, 3.63) is 29.6 Å². The summed E-state index contributed by atoms with van der Waals surface area (Å²) in [6.45, 7) is 3.55. The zero-order chi connectivity index (χ0) is 13.8. The predicted molar refractivity (Wildman–Crippen MR) is 62.0 cm³/mol. The standard InChI is InChI=1S/C12H16F2N2O2/c1-3-12(18,4-2)7-16-11(17)8-5-6-15-10(14)9(8)13/h5-6,18H,3-4,7H2,1-2H3,(H,16,17). The van der Waals surface area contributed by atoms with Crippen LogP contribution >= 0.6 is 0 Å². The molecule has 0 fully saturated rings. The molecule has 6 heteroatoms. The first-order valence-electron chi connectivity index (χ1n) is 5.74. The number of halogens is 2. The maximum absolute atomic E-state index is 13.3. The van der Waals surface area contributed by atoms with E-state index < -0.39 is 28.8 Å². The Morgan fingerprint density at radius 2 is 2.06 bits per heavy atom. The zero-order valence-electron chi connectivity index (χ0n) is 10.3. The van der Waals surface area contributed by atoms with E-state index in [4.69, 9.17) is 0 Å². The van der Waals surface area contributed by atoms with Gasteiger partial charge in [-0.2, -0.15) is 4.39 Å². The van der Waals surface area contributed by atoms with E-state index in [-0.39, 0.29) is 6.54 Å². The molecule has 0 atom stereocenters. The third-order valence-electron chi connectivity index (χ3n) is 2.99. The summed E-state index contributed by atoms with van der Waals surface area (Å²) in [7, 11) is 0. The number of nitrogens with zero attached hydrogens (tertiary/aromatic N) is 1. The number of hydrogen-bond donors (Lipinski definition) is 2. The van der Waals surface area contributed by atoms with Crippen LogP contribution in [-0.2, 0) is 0 Å². The minimum atomic E-state index is -1.32. The molecule has 0 aromatic carbocycles. The summed E-state index contributed by atoms with van der Waals surface area (Å²) < 4.78 is 26.1. The first kappa shape index (κ1) is 14.5. The van der Waals surface area contributed by atoms with Gasteiger partial charge in [-0.25, -0.2) is 9.37 Å². The Labute approximate surface area is 104 Å². The number of carbonyl (C=O) groups is 1. The fourth-order valence-electron chi connectivity index (χ4n) is 1.43. The molecule has 0 aliphatic carbocycles. The largest absolute Gasteiger partial charge is 0.388 e. The van der Waals surface area contributed by atoms with Gasteiger partial charge in [0, 0.05) is 12.7 Å². The Morgan fingerprint density at radius 3 is 2.61 bits per heavy atom. The van der Waals surface area contributed by atoms with Gasteiger partial charge in [-0.15, -0.1) is 0 Å². The Bertz CT molecular complexity index is 434. The molecule has 0 radical (unpaired) electrons. The maximum Gasteiger partial charge on any atom is 0.254 e. The average molecular weight is 258 g/mol. The molecule has 0 unspecified atom stereocenters. The van der Waals surface area contributed by atoms with Gasteiger partial charge in [0.05, 0.1) is 11.2 Å². The Kier molecular flexibility index (Phi) is 4.72. The highest BCUT2D eigenvalue weighted by Crippen LogP contribution is 2.14. The molecule has 1 aromatic heterocycles. The van der Waals surface area contributed by atoms with Crippen LogP contribution in [0.15, 0.2) is 12.3 Å². The van der Waals surface area contributed by atoms with Crippen LogP contribution in [0.2, 0.25) is 0 Å². The van der Waals surface area contributed by atoms with Crippen molar-refractivity contribution in [1.82, 2.24) is 10.3 Å². The van der Waals surface area contributed by atoms with Crippen LogP contribution in [0, 0.1) is 11.8 Å². The maximum atomic E-state index is 13.3. The van der Waals surface area contributed by atoms with E-state index >= 15 is 0 Å². The molecule has 1 aromatic rings. The molecule has 0 spiro atoms. The number of hydrogen-bond acceptors (Lipinski definition) is 3. The molecule has 0 saturated heterocycles. The van der Waals surface area contributed by atoms with E-state index in [0.717, 1.165) is 12.3 Å². The minimum absolute atomic E-state index is 0.0117. The number of carbonyl (C=O) groups excluding carboxylic acids is 1. The second-order valence-electron chi connectivity index (χ2n) is 4.08. The lowest BCUT2D eigenvalue weighted by molar-refractivity contribution is 0.0313. The smallest absolute Gasteiger partial charge is 0.254 e. The lowest BCUT2D eigenvalue weighted by atomic mass is 9.97. The SMILES string of the molecule is CCC(O)(CC)CNC(=O)c1ccnc(F)c1F. The number of nitrogens with one attached hydrogen (secondary N) is 1. The van der Waals surface area contributed by atoms with Gasteiger partial charge in [-0.05, 0) is 18.9 Å². The number of rotatable bonds is 5. The van der Waals surface area contributed by atoms with Crippen molar-refractivity contribution in [2.75, 3.05) is 6.54 Å². The molecule has 0 saturated carbocycles. The molecule has 2 N–H and O–H groups in total. The summed E-state index contributed by atoms with van der Waals surface area (Å²) >= 11 is 0. The molecule has 0 bridgehead atoms. The van der Waals surface area contributed by atoms with Crippen LogP contribution in [0.4, 0.5) is 8.78 Å². The topological polar surface area (TPSA) is 62.2 Å². The monoisotopic (exact) mass is 258 g/mol. The first-order chi connectivity index (χ1) is 8.43. The summed E-state index contributed by atoms with van der Waals surface area (Å²) in [6.07, 6.45) is 1.92. The molecule has 1 rings (SSSR count). The third kappa shape index (κ3) is 3.22. The lowest BCUT2D eigenvalue weighted by Crippen LogP contribution is -2.42. The van der Waals surface area contributed by atoms with Crippen LogP contribution in [0.3, 0.4) is 0 Å². The van der Waals surface area contributed by atoms with E-state index in [9.17, 15) is 18.7 Å². The molecule has 0 aliphatic rings. The van der Waals surface area contributed by atoms with Crippen molar-refractivity contribution in [3.63, 3.8) is 0 Å². The Balaban J connectivity index is 2.75. The highest BCUT2D eigenvalue weighted by Gasteiger charge is 2.24.